The fraction of sp³-hybridized carbons (Fsp3) is 0.643. The monoisotopic (exact) mass is 312 g/mol. The maximum Gasteiger partial charge on any atom is 0.410 e. The molecule has 0 spiro atoms. The van der Waals surface area contributed by atoms with E-state index < -0.39 is 5.60 Å². The standard InChI is InChI=1S/C14H21ClN4O2/c1-14(2,3)21-13(20)19-8-4-5-10(9-19)17-12-16-7-6-11(15)18-12/h6-7,10H,4-5,8-9H2,1-3H3,(H,16,17,18)/t10-/m0/s1. The van der Waals surface area contributed by atoms with Crippen molar-refractivity contribution in [2.75, 3.05) is 18.4 Å². The summed E-state index contributed by atoms with van der Waals surface area (Å²) in [5.74, 6) is 0.485. The number of rotatable bonds is 2. The van der Waals surface area contributed by atoms with E-state index in [9.17, 15) is 4.79 Å². The molecule has 1 atom stereocenters. The van der Waals surface area contributed by atoms with E-state index in [0.717, 1.165) is 12.8 Å². The summed E-state index contributed by atoms with van der Waals surface area (Å²) in [6, 6.07) is 1.73. The second-order valence-electron chi connectivity index (χ2n) is 6.11. The minimum atomic E-state index is -0.479. The number of amides is 1. The first kappa shape index (κ1) is 15.8. The Morgan fingerprint density at radius 1 is 1.52 bits per heavy atom. The number of piperidine rings is 1. The number of nitrogens with zero attached hydrogens (tertiary/aromatic N) is 3. The van der Waals surface area contributed by atoms with Crippen molar-refractivity contribution in [2.24, 2.45) is 0 Å². The number of nitrogens with one attached hydrogen (secondary N) is 1. The summed E-state index contributed by atoms with van der Waals surface area (Å²) in [5.41, 5.74) is -0.479. The van der Waals surface area contributed by atoms with E-state index in [0.29, 0.717) is 24.2 Å². The van der Waals surface area contributed by atoms with Gasteiger partial charge in [-0.25, -0.2) is 14.8 Å². The summed E-state index contributed by atoms with van der Waals surface area (Å²) in [6.45, 7) is 6.88. The van der Waals surface area contributed by atoms with E-state index >= 15 is 0 Å². The van der Waals surface area contributed by atoms with Crippen molar-refractivity contribution < 1.29 is 9.53 Å². The number of likely N-dealkylation sites (tertiary alicyclic amines) is 1. The van der Waals surface area contributed by atoms with Gasteiger partial charge in [-0.1, -0.05) is 11.6 Å². The molecular formula is C14H21ClN4O2. The molecule has 1 aliphatic heterocycles. The third-order valence-corrected chi connectivity index (χ3v) is 3.24. The van der Waals surface area contributed by atoms with Gasteiger partial charge in [0.1, 0.15) is 10.8 Å². The number of halogens is 1. The SMILES string of the molecule is CC(C)(C)OC(=O)N1CCC[C@H](Nc2nccc(Cl)n2)C1. The van der Waals surface area contributed by atoms with Gasteiger partial charge < -0.3 is 15.0 Å². The van der Waals surface area contributed by atoms with Gasteiger partial charge in [-0.15, -0.1) is 0 Å². The van der Waals surface area contributed by atoms with E-state index in [2.05, 4.69) is 15.3 Å². The summed E-state index contributed by atoms with van der Waals surface area (Å²) in [5, 5.41) is 3.61. The molecule has 7 heteroatoms. The van der Waals surface area contributed by atoms with Crippen LogP contribution in [0, 0.1) is 0 Å². The Kier molecular flexibility index (Phi) is 4.88. The predicted octanol–water partition coefficient (Wildman–Crippen LogP) is 2.94. The molecule has 2 heterocycles. The van der Waals surface area contributed by atoms with E-state index in [1.165, 1.54) is 0 Å². The zero-order valence-corrected chi connectivity index (χ0v) is 13.4. The van der Waals surface area contributed by atoms with Crippen LogP contribution in [0.25, 0.3) is 0 Å². The molecule has 1 amide bonds. The van der Waals surface area contributed by atoms with Crippen LogP contribution in [0.3, 0.4) is 0 Å². The molecule has 0 saturated carbocycles. The summed E-state index contributed by atoms with van der Waals surface area (Å²) in [7, 11) is 0. The van der Waals surface area contributed by atoms with Crippen molar-refractivity contribution in [3.8, 4) is 0 Å². The van der Waals surface area contributed by atoms with Gasteiger partial charge in [-0.05, 0) is 39.7 Å². The minimum absolute atomic E-state index is 0.102. The normalized spacial score (nSPS) is 19.2. The molecule has 1 fully saturated rings. The molecule has 0 radical (unpaired) electrons. The van der Waals surface area contributed by atoms with E-state index in [-0.39, 0.29) is 12.1 Å². The Balaban J connectivity index is 1.93. The van der Waals surface area contributed by atoms with Crippen LogP contribution in [0.15, 0.2) is 12.3 Å². The zero-order valence-electron chi connectivity index (χ0n) is 12.6. The Labute approximate surface area is 129 Å². The molecule has 6 nitrogen and oxygen atoms in total. The fourth-order valence-electron chi connectivity index (χ4n) is 2.18. The topological polar surface area (TPSA) is 67.3 Å². The molecule has 0 aliphatic carbocycles. The van der Waals surface area contributed by atoms with E-state index in [1.54, 1.807) is 17.2 Å². The first-order valence-electron chi connectivity index (χ1n) is 7.06. The molecule has 2 rings (SSSR count). The third kappa shape index (κ3) is 5.04. The van der Waals surface area contributed by atoms with Crippen molar-refractivity contribution in [3.05, 3.63) is 17.4 Å². The van der Waals surface area contributed by atoms with Gasteiger partial charge in [0.25, 0.3) is 0 Å². The second-order valence-corrected chi connectivity index (χ2v) is 6.50. The lowest BCUT2D eigenvalue weighted by Crippen LogP contribution is -2.47. The number of carbonyl (C=O) groups excluding carboxylic acids is 1. The van der Waals surface area contributed by atoms with Gasteiger partial charge in [0, 0.05) is 25.3 Å². The predicted molar refractivity (Wildman–Crippen MR) is 81.5 cm³/mol. The van der Waals surface area contributed by atoms with Crippen molar-refractivity contribution >= 4 is 23.6 Å². The van der Waals surface area contributed by atoms with E-state index in [4.69, 9.17) is 16.3 Å². The molecule has 21 heavy (non-hydrogen) atoms. The Bertz CT molecular complexity index is 504. The summed E-state index contributed by atoms with van der Waals surface area (Å²) >= 11 is 5.84. The summed E-state index contributed by atoms with van der Waals surface area (Å²) < 4.78 is 5.40. The van der Waals surface area contributed by atoms with Crippen LogP contribution in [0.5, 0.6) is 0 Å². The zero-order chi connectivity index (χ0) is 15.5. The van der Waals surface area contributed by atoms with Crippen molar-refractivity contribution in [3.63, 3.8) is 0 Å². The highest BCUT2D eigenvalue weighted by Crippen LogP contribution is 2.17. The summed E-state index contributed by atoms with van der Waals surface area (Å²) in [6.07, 6.45) is 3.19. The highest BCUT2D eigenvalue weighted by atomic mass is 35.5. The number of hydrogen-bond acceptors (Lipinski definition) is 5. The van der Waals surface area contributed by atoms with Gasteiger partial charge >= 0.3 is 6.09 Å². The highest BCUT2D eigenvalue weighted by molar-refractivity contribution is 6.29. The van der Waals surface area contributed by atoms with Crippen LogP contribution in [0.1, 0.15) is 33.6 Å². The molecule has 1 N–H and O–H groups in total. The van der Waals surface area contributed by atoms with Crippen LogP contribution < -0.4 is 5.32 Å². The minimum Gasteiger partial charge on any atom is -0.444 e. The maximum atomic E-state index is 12.1. The smallest absolute Gasteiger partial charge is 0.410 e. The van der Waals surface area contributed by atoms with Gasteiger partial charge in [-0.2, -0.15) is 0 Å². The summed E-state index contributed by atoms with van der Waals surface area (Å²) in [4.78, 5) is 22.0. The van der Waals surface area contributed by atoms with Crippen molar-refractivity contribution in [2.45, 2.75) is 45.3 Å². The molecule has 0 aromatic carbocycles. The third-order valence-electron chi connectivity index (χ3n) is 3.03. The number of aromatic nitrogens is 2. The lowest BCUT2D eigenvalue weighted by atomic mass is 10.1. The number of carbonyl (C=O) groups is 1. The van der Waals surface area contributed by atoms with Crippen LogP contribution in [-0.2, 0) is 4.74 Å². The number of anilines is 1. The average Bonchev–Trinajstić information content (AvgIpc) is 2.37. The molecule has 116 valence electrons. The lowest BCUT2D eigenvalue weighted by Gasteiger charge is -2.34. The number of ether oxygens (including phenoxy) is 1. The number of hydrogen-bond donors (Lipinski definition) is 1. The largest absolute Gasteiger partial charge is 0.444 e. The van der Waals surface area contributed by atoms with Crippen LogP contribution >= 0.6 is 11.6 Å². The molecule has 1 aromatic heterocycles. The van der Waals surface area contributed by atoms with Gasteiger partial charge in [0.05, 0.1) is 0 Å². The quantitative estimate of drug-likeness (QED) is 0.850. The Morgan fingerprint density at radius 2 is 2.29 bits per heavy atom. The molecular weight excluding hydrogens is 292 g/mol. The molecule has 1 aliphatic rings. The average molecular weight is 313 g/mol. The van der Waals surface area contributed by atoms with Crippen molar-refractivity contribution in [1.82, 2.24) is 14.9 Å². The van der Waals surface area contributed by atoms with Gasteiger partial charge in [0.15, 0.2) is 0 Å². The van der Waals surface area contributed by atoms with Crippen molar-refractivity contribution in [1.29, 1.82) is 0 Å². The van der Waals surface area contributed by atoms with Crippen LogP contribution in [-0.4, -0.2) is 45.7 Å². The van der Waals surface area contributed by atoms with Crippen LogP contribution in [0.2, 0.25) is 5.15 Å². The molecule has 0 bridgehead atoms. The molecule has 1 aromatic rings. The fourth-order valence-corrected chi connectivity index (χ4v) is 2.31. The van der Waals surface area contributed by atoms with Crippen LogP contribution in [0.4, 0.5) is 10.7 Å². The first-order chi connectivity index (χ1) is 9.83. The lowest BCUT2D eigenvalue weighted by molar-refractivity contribution is 0.0206. The maximum absolute atomic E-state index is 12.1. The molecule has 0 unspecified atom stereocenters. The Hall–Kier alpha value is -1.56. The Morgan fingerprint density at radius 3 is 2.95 bits per heavy atom. The van der Waals surface area contributed by atoms with E-state index in [1.807, 2.05) is 20.8 Å². The first-order valence-corrected chi connectivity index (χ1v) is 7.44. The second kappa shape index (κ2) is 6.47. The molecule has 1 saturated heterocycles. The van der Waals surface area contributed by atoms with Gasteiger partial charge in [0.2, 0.25) is 5.95 Å². The highest BCUT2D eigenvalue weighted by Gasteiger charge is 2.27. The van der Waals surface area contributed by atoms with Gasteiger partial charge in [-0.3, -0.25) is 0 Å².